The highest BCUT2D eigenvalue weighted by molar-refractivity contribution is 5.74. The molecule has 0 aliphatic carbocycles. The van der Waals surface area contributed by atoms with E-state index in [2.05, 4.69) is 0 Å². The number of hydrogen-bond acceptors (Lipinski definition) is 0. The molecule has 0 aliphatic rings. The molecule has 0 spiro atoms. The highest BCUT2D eigenvalue weighted by Crippen LogP contribution is 2.47. The summed E-state index contributed by atoms with van der Waals surface area (Å²) >= 11 is 0. The van der Waals surface area contributed by atoms with Crippen LogP contribution in [-0.4, -0.2) is 12.1 Å². The molecule has 0 aromatic heterocycles. The Morgan fingerprint density at radius 1 is 0.652 bits per heavy atom. The normalized spacial score (nSPS) is 12.1. The van der Waals surface area contributed by atoms with Gasteiger partial charge in [-0.15, -0.1) is 0 Å². The molecule has 0 saturated heterocycles. The average molecular weight is 334 g/mol. The molecule has 0 saturated carbocycles. The van der Waals surface area contributed by atoms with E-state index in [4.69, 9.17) is 0 Å². The molecule has 23 heavy (non-hydrogen) atoms. The highest BCUT2D eigenvalue weighted by atomic mass is 19.4. The Kier molecular flexibility index (Phi) is 4.49. The van der Waals surface area contributed by atoms with E-state index >= 15 is 0 Å². The Morgan fingerprint density at radius 3 is 1.57 bits per heavy atom. The SMILES string of the molecule is FC(F)=C(c1ccc(-c2ccccc2)cc1)C(F)(F)C(F)(F)F. The van der Waals surface area contributed by atoms with Gasteiger partial charge in [0.25, 0.3) is 6.08 Å². The molecule has 0 fully saturated rings. The molecule has 0 unspecified atom stereocenters. The van der Waals surface area contributed by atoms with Crippen molar-refractivity contribution in [2.45, 2.75) is 12.1 Å². The minimum atomic E-state index is -6.11. The first-order chi connectivity index (χ1) is 10.6. The summed E-state index contributed by atoms with van der Waals surface area (Å²) in [5, 5.41) is 0. The van der Waals surface area contributed by atoms with Gasteiger partial charge in [-0.3, -0.25) is 0 Å². The summed E-state index contributed by atoms with van der Waals surface area (Å²) in [4.78, 5) is 0. The van der Waals surface area contributed by atoms with E-state index in [1.807, 2.05) is 0 Å². The maximum Gasteiger partial charge on any atom is 0.458 e. The van der Waals surface area contributed by atoms with E-state index in [0.717, 1.165) is 12.1 Å². The van der Waals surface area contributed by atoms with Gasteiger partial charge in [0.1, 0.15) is 5.57 Å². The van der Waals surface area contributed by atoms with Gasteiger partial charge >= 0.3 is 12.1 Å². The van der Waals surface area contributed by atoms with Crippen molar-refractivity contribution in [3.05, 3.63) is 66.2 Å². The third-order valence-corrected chi connectivity index (χ3v) is 3.14. The molecule has 0 bridgehead atoms. The van der Waals surface area contributed by atoms with Gasteiger partial charge in [-0.05, 0) is 16.7 Å². The summed E-state index contributed by atoms with van der Waals surface area (Å²) in [6.45, 7) is 0. The fraction of sp³-hybridized carbons (Fsp3) is 0.125. The molecule has 122 valence electrons. The van der Waals surface area contributed by atoms with Crippen molar-refractivity contribution in [3.63, 3.8) is 0 Å². The number of allylic oxidation sites excluding steroid dienone is 1. The zero-order valence-electron chi connectivity index (χ0n) is 11.3. The molecule has 0 aliphatic heterocycles. The van der Waals surface area contributed by atoms with E-state index in [1.54, 1.807) is 30.3 Å². The van der Waals surface area contributed by atoms with Crippen LogP contribution in [0.5, 0.6) is 0 Å². The number of rotatable bonds is 3. The predicted molar refractivity (Wildman–Crippen MR) is 72.0 cm³/mol. The molecule has 7 heteroatoms. The summed E-state index contributed by atoms with van der Waals surface area (Å²) < 4.78 is 89.1. The minimum Gasteiger partial charge on any atom is -0.191 e. The molecule has 2 aromatic rings. The first-order valence-corrected chi connectivity index (χ1v) is 6.30. The first-order valence-electron chi connectivity index (χ1n) is 6.30. The van der Waals surface area contributed by atoms with Gasteiger partial charge in [-0.25, -0.2) is 0 Å². The van der Waals surface area contributed by atoms with Crippen molar-refractivity contribution < 1.29 is 30.7 Å². The lowest BCUT2D eigenvalue weighted by Gasteiger charge is -2.22. The lowest BCUT2D eigenvalue weighted by molar-refractivity contribution is -0.254. The van der Waals surface area contributed by atoms with Gasteiger partial charge in [-0.1, -0.05) is 54.6 Å². The van der Waals surface area contributed by atoms with Crippen molar-refractivity contribution in [2.75, 3.05) is 0 Å². The summed E-state index contributed by atoms with van der Waals surface area (Å²) in [6.07, 6.45) is -9.18. The summed E-state index contributed by atoms with van der Waals surface area (Å²) in [5.74, 6) is -5.64. The molecule has 0 heterocycles. The van der Waals surface area contributed by atoms with Crippen LogP contribution in [0.1, 0.15) is 5.56 Å². The van der Waals surface area contributed by atoms with E-state index in [-0.39, 0.29) is 0 Å². The number of halogens is 7. The quantitative estimate of drug-likeness (QED) is 0.590. The van der Waals surface area contributed by atoms with Crippen molar-refractivity contribution in [1.29, 1.82) is 0 Å². The fourth-order valence-electron chi connectivity index (χ4n) is 2.01. The lowest BCUT2D eigenvalue weighted by atomic mass is 9.97. The Morgan fingerprint density at radius 2 is 1.13 bits per heavy atom. The second-order valence-electron chi connectivity index (χ2n) is 4.65. The molecule has 0 N–H and O–H groups in total. The van der Waals surface area contributed by atoms with Gasteiger partial charge in [0, 0.05) is 0 Å². The minimum absolute atomic E-state index is 0.503. The van der Waals surface area contributed by atoms with Crippen LogP contribution in [0.25, 0.3) is 16.7 Å². The molecule has 0 nitrogen and oxygen atoms in total. The van der Waals surface area contributed by atoms with Crippen LogP contribution in [-0.2, 0) is 0 Å². The Hall–Kier alpha value is -2.31. The third kappa shape index (κ3) is 3.38. The van der Waals surface area contributed by atoms with E-state index in [9.17, 15) is 30.7 Å². The molecular weight excluding hydrogens is 325 g/mol. The second kappa shape index (κ2) is 6.06. The summed E-state index contributed by atoms with van der Waals surface area (Å²) in [6, 6.07) is 12.6. The van der Waals surface area contributed by atoms with E-state index in [0.29, 0.717) is 11.1 Å². The lowest BCUT2D eigenvalue weighted by Crippen LogP contribution is -2.37. The molecular formula is C16H9F7. The van der Waals surface area contributed by atoms with E-state index in [1.165, 1.54) is 12.1 Å². The van der Waals surface area contributed by atoms with Gasteiger partial charge in [-0.2, -0.15) is 30.7 Å². The van der Waals surface area contributed by atoms with Crippen molar-refractivity contribution in [2.24, 2.45) is 0 Å². The Balaban J connectivity index is 2.46. The maximum absolute atomic E-state index is 13.3. The monoisotopic (exact) mass is 334 g/mol. The predicted octanol–water partition coefficient (Wildman–Crippen LogP) is 6.16. The van der Waals surface area contributed by atoms with Crippen LogP contribution in [0, 0.1) is 0 Å². The highest BCUT2D eigenvalue weighted by Gasteiger charge is 2.61. The molecule has 2 aromatic carbocycles. The second-order valence-corrected chi connectivity index (χ2v) is 4.65. The smallest absolute Gasteiger partial charge is 0.191 e. The van der Waals surface area contributed by atoms with Gasteiger partial charge in [0.15, 0.2) is 0 Å². The zero-order chi connectivity index (χ0) is 17.3. The van der Waals surface area contributed by atoms with E-state index < -0.39 is 29.3 Å². The van der Waals surface area contributed by atoms with Crippen LogP contribution in [0.15, 0.2) is 60.7 Å². The zero-order valence-corrected chi connectivity index (χ0v) is 11.3. The van der Waals surface area contributed by atoms with Crippen LogP contribution in [0.3, 0.4) is 0 Å². The van der Waals surface area contributed by atoms with Crippen LogP contribution >= 0.6 is 0 Å². The van der Waals surface area contributed by atoms with Gasteiger partial charge < -0.3 is 0 Å². The molecule has 0 atom stereocenters. The number of alkyl halides is 5. The summed E-state index contributed by atoms with van der Waals surface area (Å²) in [5.41, 5.74) is -2.03. The number of benzene rings is 2. The number of hydrogen-bond donors (Lipinski definition) is 0. The maximum atomic E-state index is 13.3. The van der Waals surface area contributed by atoms with Crippen molar-refractivity contribution in [3.8, 4) is 11.1 Å². The Bertz CT molecular complexity index is 693. The first kappa shape index (κ1) is 17.1. The topological polar surface area (TPSA) is 0 Å². The van der Waals surface area contributed by atoms with Gasteiger partial charge in [0.2, 0.25) is 0 Å². The largest absolute Gasteiger partial charge is 0.458 e. The molecule has 2 rings (SSSR count). The van der Waals surface area contributed by atoms with Crippen molar-refractivity contribution >= 4 is 5.57 Å². The fourth-order valence-corrected chi connectivity index (χ4v) is 2.01. The standard InChI is InChI=1S/C16H9F7/c17-14(18)13(15(19,20)16(21,22)23)12-8-6-11(7-9-12)10-4-2-1-3-5-10/h1-9H. The Labute approximate surface area is 126 Å². The van der Waals surface area contributed by atoms with Crippen LogP contribution < -0.4 is 0 Å². The average Bonchev–Trinajstić information content (AvgIpc) is 2.47. The van der Waals surface area contributed by atoms with Crippen LogP contribution in [0.4, 0.5) is 30.7 Å². The summed E-state index contributed by atoms with van der Waals surface area (Å²) in [7, 11) is 0. The van der Waals surface area contributed by atoms with Crippen LogP contribution in [0.2, 0.25) is 0 Å². The molecule has 0 radical (unpaired) electrons. The third-order valence-electron chi connectivity index (χ3n) is 3.14. The molecule has 0 amide bonds. The van der Waals surface area contributed by atoms with Crippen molar-refractivity contribution in [1.82, 2.24) is 0 Å². The van der Waals surface area contributed by atoms with Gasteiger partial charge in [0.05, 0.1) is 0 Å².